The quantitative estimate of drug-likeness (QED) is 0.811. The molecule has 1 fully saturated rings. The van der Waals surface area contributed by atoms with E-state index in [0.717, 1.165) is 31.5 Å². The van der Waals surface area contributed by atoms with Gasteiger partial charge in [0.2, 0.25) is 5.91 Å². The average molecular weight is 320 g/mol. The Labute approximate surface area is 133 Å². The summed E-state index contributed by atoms with van der Waals surface area (Å²) in [5, 5.41) is 8.24. The molecule has 118 valence electrons. The van der Waals surface area contributed by atoms with Crippen LogP contribution in [0.3, 0.4) is 0 Å². The first-order valence-electron chi connectivity index (χ1n) is 7.64. The summed E-state index contributed by atoms with van der Waals surface area (Å²) in [6, 6.07) is -0.115. The Morgan fingerprint density at radius 2 is 2.41 bits per heavy atom. The van der Waals surface area contributed by atoms with Crippen LogP contribution in [0.1, 0.15) is 25.0 Å². The van der Waals surface area contributed by atoms with Gasteiger partial charge in [0.25, 0.3) is 0 Å². The van der Waals surface area contributed by atoms with E-state index < -0.39 is 0 Å². The van der Waals surface area contributed by atoms with Gasteiger partial charge < -0.3 is 10.6 Å². The van der Waals surface area contributed by atoms with E-state index >= 15 is 0 Å². The van der Waals surface area contributed by atoms with E-state index in [2.05, 4.69) is 27.8 Å². The minimum atomic E-state index is -0.115. The van der Waals surface area contributed by atoms with Crippen molar-refractivity contribution in [1.29, 1.82) is 0 Å². The van der Waals surface area contributed by atoms with Crippen LogP contribution in [0.2, 0.25) is 0 Å². The van der Waals surface area contributed by atoms with Crippen molar-refractivity contribution in [3.8, 4) is 0 Å². The molecule has 1 aliphatic carbocycles. The van der Waals surface area contributed by atoms with E-state index in [4.69, 9.17) is 0 Å². The molecule has 2 heterocycles. The number of aromatic nitrogens is 1. The summed E-state index contributed by atoms with van der Waals surface area (Å²) in [5.41, 5.74) is 0.723. The standard InChI is InChI=1S/C15H20N4O2S/c20-13(17-9-11-4-2-1-3-5-11)8-12-10-22-15(18-12)19-7-6-16-14(19)21/h1-2,10-11H,3-9H2,(H,16,21)(H,17,20)/t11-/m0/s1. The van der Waals surface area contributed by atoms with Crippen LogP contribution in [0.5, 0.6) is 0 Å². The van der Waals surface area contributed by atoms with Gasteiger partial charge in [-0.25, -0.2) is 9.78 Å². The molecule has 2 aliphatic rings. The number of nitrogens with one attached hydrogen (secondary N) is 2. The zero-order valence-electron chi connectivity index (χ0n) is 12.4. The number of carbonyl (C=O) groups excluding carboxylic acids is 2. The number of anilines is 1. The van der Waals surface area contributed by atoms with E-state index in [1.165, 1.54) is 11.3 Å². The Balaban J connectivity index is 1.48. The number of nitrogens with zero attached hydrogens (tertiary/aromatic N) is 2. The lowest BCUT2D eigenvalue weighted by atomic mass is 9.94. The highest BCUT2D eigenvalue weighted by atomic mass is 32.1. The molecule has 0 spiro atoms. The number of carbonyl (C=O) groups is 2. The van der Waals surface area contributed by atoms with Gasteiger partial charge in [0.1, 0.15) is 0 Å². The van der Waals surface area contributed by atoms with E-state index in [1.807, 2.05) is 5.38 Å². The fourth-order valence-corrected chi connectivity index (χ4v) is 3.53. The lowest BCUT2D eigenvalue weighted by molar-refractivity contribution is -0.120. The summed E-state index contributed by atoms with van der Waals surface area (Å²) in [5.74, 6) is 0.547. The zero-order valence-corrected chi connectivity index (χ0v) is 13.2. The van der Waals surface area contributed by atoms with Gasteiger partial charge in [0.15, 0.2) is 5.13 Å². The summed E-state index contributed by atoms with van der Waals surface area (Å²) >= 11 is 1.40. The predicted molar refractivity (Wildman–Crippen MR) is 86.1 cm³/mol. The SMILES string of the molecule is O=C(Cc1csc(N2CCNC2=O)n1)NC[C@H]1CC=CCC1. The third kappa shape index (κ3) is 3.65. The van der Waals surface area contributed by atoms with Crippen LogP contribution in [-0.4, -0.2) is 36.6 Å². The lowest BCUT2D eigenvalue weighted by Crippen LogP contribution is -2.31. The van der Waals surface area contributed by atoms with Gasteiger partial charge in [0.05, 0.1) is 12.1 Å². The number of allylic oxidation sites excluding steroid dienone is 2. The first kappa shape index (κ1) is 15.0. The Morgan fingerprint density at radius 3 is 3.14 bits per heavy atom. The number of hydrogen-bond acceptors (Lipinski definition) is 4. The Kier molecular flexibility index (Phi) is 4.72. The van der Waals surface area contributed by atoms with Gasteiger partial charge in [-0.3, -0.25) is 9.69 Å². The maximum absolute atomic E-state index is 12.0. The fourth-order valence-electron chi connectivity index (χ4n) is 2.68. The van der Waals surface area contributed by atoms with Crippen LogP contribution >= 0.6 is 11.3 Å². The third-order valence-electron chi connectivity index (χ3n) is 3.93. The van der Waals surface area contributed by atoms with Crippen molar-refractivity contribution >= 4 is 28.4 Å². The number of rotatable bonds is 5. The molecule has 1 saturated heterocycles. The molecule has 3 amide bonds. The minimum absolute atomic E-state index is 0.00252. The summed E-state index contributed by atoms with van der Waals surface area (Å²) in [7, 11) is 0. The van der Waals surface area contributed by atoms with Crippen LogP contribution in [0, 0.1) is 5.92 Å². The summed E-state index contributed by atoms with van der Waals surface area (Å²) in [6.45, 7) is 2.01. The Hall–Kier alpha value is -1.89. The van der Waals surface area contributed by atoms with E-state index in [1.54, 1.807) is 4.90 Å². The van der Waals surface area contributed by atoms with Crippen molar-refractivity contribution in [2.75, 3.05) is 24.5 Å². The fraction of sp³-hybridized carbons (Fsp3) is 0.533. The van der Waals surface area contributed by atoms with Crippen molar-refractivity contribution in [1.82, 2.24) is 15.6 Å². The second-order valence-corrected chi connectivity index (χ2v) is 6.47. The molecule has 1 atom stereocenters. The average Bonchev–Trinajstić information content (AvgIpc) is 3.15. The van der Waals surface area contributed by atoms with Gasteiger partial charge >= 0.3 is 6.03 Å². The third-order valence-corrected chi connectivity index (χ3v) is 4.85. The van der Waals surface area contributed by atoms with Crippen molar-refractivity contribution in [2.24, 2.45) is 5.92 Å². The van der Waals surface area contributed by atoms with Crippen molar-refractivity contribution < 1.29 is 9.59 Å². The number of amides is 3. The molecule has 0 unspecified atom stereocenters. The van der Waals surface area contributed by atoms with Crippen LogP contribution in [-0.2, 0) is 11.2 Å². The highest BCUT2D eigenvalue weighted by Crippen LogP contribution is 2.22. The van der Waals surface area contributed by atoms with Crippen molar-refractivity contribution in [2.45, 2.75) is 25.7 Å². The number of hydrogen-bond donors (Lipinski definition) is 2. The van der Waals surface area contributed by atoms with Gasteiger partial charge in [0, 0.05) is 25.0 Å². The number of urea groups is 1. The monoisotopic (exact) mass is 320 g/mol. The minimum Gasteiger partial charge on any atom is -0.355 e. The zero-order chi connectivity index (χ0) is 15.4. The molecule has 0 aromatic carbocycles. The first-order valence-corrected chi connectivity index (χ1v) is 8.52. The molecule has 22 heavy (non-hydrogen) atoms. The molecule has 7 heteroatoms. The maximum Gasteiger partial charge on any atom is 0.323 e. The molecule has 2 N–H and O–H groups in total. The second kappa shape index (κ2) is 6.91. The molecule has 0 saturated carbocycles. The summed E-state index contributed by atoms with van der Waals surface area (Å²) < 4.78 is 0. The predicted octanol–water partition coefficient (Wildman–Crippen LogP) is 1.69. The molecular formula is C15H20N4O2S. The molecule has 1 aromatic heterocycles. The smallest absolute Gasteiger partial charge is 0.323 e. The van der Waals surface area contributed by atoms with Crippen LogP contribution < -0.4 is 15.5 Å². The first-order chi connectivity index (χ1) is 10.7. The molecule has 6 nitrogen and oxygen atoms in total. The molecular weight excluding hydrogens is 300 g/mol. The Morgan fingerprint density at radius 1 is 1.50 bits per heavy atom. The van der Waals surface area contributed by atoms with E-state index in [-0.39, 0.29) is 18.4 Å². The molecule has 1 aliphatic heterocycles. The topological polar surface area (TPSA) is 74.3 Å². The van der Waals surface area contributed by atoms with Crippen LogP contribution in [0.15, 0.2) is 17.5 Å². The molecule has 1 aromatic rings. The van der Waals surface area contributed by atoms with Gasteiger partial charge in [-0.15, -0.1) is 11.3 Å². The highest BCUT2D eigenvalue weighted by Gasteiger charge is 2.24. The second-order valence-electron chi connectivity index (χ2n) is 5.64. The summed E-state index contributed by atoms with van der Waals surface area (Å²) in [6.07, 6.45) is 7.95. The lowest BCUT2D eigenvalue weighted by Gasteiger charge is -2.17. The highest BCUT2D eigenvalue weighted by molar-refractivity contribution is 7.14. The van der Waals surface area contributed by atoms with Crippen LogP contribution in [0.4, 0.5) is 9.93 Å². The largest absolute Gasteiger partial charge is 0.355 e. The van der Waals surface area contributed by atoms with Gasteiger partial charge in [-0.05, 0) is 25.2 Å². The normalized spacial score (nSPS) is 21.0. The van der Waals surface area contributed by atoms with Crippen molar-refractivity contribution in [3.63, 3.8) is 0 Å². The summed E-state index contributed by atoms with van der Waals surface area (Å²) in [4.78, 5) is 29.6. The van der Waals surface area contributed by atoms with Gasteiger partial charge in [-0.2, -0.15) is 0 Å². The van der Waals surface area contributed by atoms with E-state index in [0.29, 0.717) is 24.1 Å². The molecule has 3 rings (SSSR count). The number of thiazole rings is 1. The molecule has 0 bridgehead atoms. The van der Waals surface area contributed by atoms with Crippen LogP contribution in [0.25, 0.3) is 0 Å². The van der Waals surface area contributed by atoms with E-state index in [9.17, 15) is 9.59 Å². The molecule has 0 radical (unpaired) electrons. The Bertz CT molecular complexity index is 584. The van der Waals surface area contributed by atoms with Gasteiger partial charge in [-0.1, -0.05) is 12.2 Å². The maximum atomic E-state index is 12.0. The van der Waals surface area contributed by atoms with Crippen molar-refractivity contribution in [3.05, 3.63) is 23.2 Å².